The van der Waals surface area contributed by atoms with E-state index in [1.54, 1.807) is 0 Å². The van der Waals surface area contributed by atoms with Crippen molar-refractivity contribution < 1.29 is 0 Å². The molecular weight excluding hydrogens is 842 g/mol. The lowest BCUT2D eigenvalue weighted by Crippen LogP contribution is -2.63. The quantitative estimate of drug-likeness (QED) is 0.147. The van der Waals surface area contributed by atoms with Crippen LogP contribution in [0.4, 0.5) is 34.1 Å². The van der Waals surface area contributed by atoms with Crippen LogP contribution in [0.15, 0.2) is 255 Å². The van der Waals surface area contributed by atoms with Crippen molar-refractivity contribution >= 4 is 80.3 Å². The van der Waals surface area contributed by atoms with E-state index in [0.29, 0.717) is 0 Å². The first-order chi connectivity index (χ1) is 34.7. The standard InChI is InChI=1S/C66H42B2N2/c1-7-19-43(20-8-1)47-31-33-57-53(37-47)55-39-49(45-23-11-3-12-24-45)41-61-63(55)67(57)59-35-36-60(69(51-27-15-5-16-28-51)52-29-17-6-18-30-52)65-66(59)70(61)62-42-50(46-25-13-4-14-26-46)40-56-54-38-48(44-21-9-2-10-22-44)32-34-58(54)68(65)64(56)62/h1-42H. The lowest BCUT2D eigenvalue weighted by molar-refractivity contribution is 1.27. The van der Waals surface area contributed by atoms with Crippen molar-refractivity contribution in [3.8, 4) is 66.8 Å². The molecule has 11 aromatic rings. The minimum absolute atomic E-state index is 0.0366. The fourth-order valence-electron chi connectivity index (χ4n) is 12.5. The predicted octanol–water partition coefficient (Wildman–Crippen LogP) is 12.9. The third-order valence-corrected chi connectivity index (χ3v) is 15.4. The number of rotatable bonds is 7. The molecule has 4 aliphatic heterocycles. The molecule has 0 fully saturated rings. The van der Waals surface area contributed by atoms with Gasteiger partial charge in [0.25, 0.3) is 6.71 Å². The summed E-state index contributed by atoms with van der Waals surface area (Å²) in [7, 11) is 0. The van der Waals surface area contributed by atoms with Crippen LogP contribution in [-0.2, 0) is 0 Å². The highest BCUT2D eigenvalue weighted by molar-refractivity contribution is 7.06. The molecule has 0 aliphatic carbocycles. The predicted molar refractivity (Wildman–Crippen MR) is 298 cm³/mol. The Morgan fingerprint density at radius 3 is 1.10 bits per heavy atom. The fraction of sp³-hybridized carbons (Fsp3) is 0. The summed E-state index contributed by atoms with van der Waals surface area (Å²) in [5, 5.41) is 0. The molecule has 0 saturated heterocycles. The first-order valence-electron chi connectivity index (χ1n) is 24.5. The lowest BCUT2D eigenvalue weighted by Gasteiger charge is -2.44. The Morgan fingerprint density at radius 1 is 0.271 bits per heavy atom. The molecule has 11 aromatic carbocycles. The van der Waals surface area contributed by atoms with Gasteiger partial charge in [0.1, 0.15) is 0 Å². The van der Waals surface area contributed by atoms with E-state index in [4.69, 9.17) is 0 Å². The molecule has 70 heavy (non-hydrogen) atoms. The number of para-hydroxylation sites is 2. The van der Waals surface area contributed by atoms with Crippen molar-refractivity contribution in [1.82, 2.24) is 0 Å². The Kier molecular flexibility index (Phi) is 8.58. The Bertz CT molecular complexity index is 3790. The van der Waals surface area contributed by atoms with E-state index in [1.807, 2.05) is 0 Å². The Labute approximate surface area is 409 Å². The summed E-state index contributed by atoms with van der Waals surface area (Å²) >= 11 is 0. The number of hydrogen-bond acceptors (Lipinski definition) is 2. The van der Waals surface area contributed by atoms with Crippen LogP contribution in [0.3, 0.4) is 0 Å². The van der Waals surface area contributed by atoms with Gasteiger partial charge in [0.15, 0.2) is 0 Å². The summed E-state index contributed by atoms with van der Waals surface area (Å²) in [5.74, 6) is 0. The third kappa shape index (κ3) is 5.77. The molecule has 0 bridgehead atoms. The maximum atomic E-state index is 2.71. The van der Waals surface area contributed by atoms with Crippen LogP contribution in [-0.4, -0.2) is 13.4 Å². The number of anilines is 6. The van der Waals surface area contributed by atoms with Gasteiger partial charge in [-0.05, 0) is 155 Å². The van der Waals surface area contributed by atoms with Crippen molar-refractivity contribution in [1.29, 1.82) is 0 Å². The highest BCUT2D eigenvalue weighted by atomic mass is 15.2. The molecule has 0 amide bonds. The summed E-state index contributed by atoms with van der Waals surface area (Å²) < 4.78 is 0. The van der Waals surface area contributed by atoms with Gasteiger partial charge in [0.05, 0.1) is 0 Å². The van der Waals surface area contributed by atoms with E-state index in [9.17, 15) is 0 Å². The highest BCUT2D eigenvalue weighted by Gasteiger charge is 2.51. The van der Waals surface area contributed by atoms with E-state index in [-0.39, 0.29) is 13.4 Å². The molecule has 0 saturated carbocycles. The summed E-state index contributed by atoms with van der Waals surface area (Å²) in [6, 6.07) is 95.1. The van der Waals surface area contributed by atoms with Gasteiger partial charge in [-0.2, -0.15) is 0 Å². The molecule has 0 spiro atoms. The van der Waals surface area contributed by atoms with E-state index in [0.717, 1.165) is 11.4 Å². The summed E-state index contributed by atoms with van der Waals surface area (Å²) in [6.07, 6.45) is 0. The average molecular weight is 885 g/mol. The van der Waals surface area contributed by atoms with Gasteiger partial charge in [0, 0.05) is 34.1 Å². The Hall–Kier alpha value is -8.85. The molecule has 15 rings (SSSR count). The zero-order chi connectivity index (χ0) is 45.9. The van der Waals surface area contributed by atoms with Crippen molar-refractivity contribution in [3.05, 3.63) is 255 Å². The van der Waals surface area contributed by atoms with Crippen molar-refractivity contribution in [2.24, 2.45) is 0 Å². The number of benzene rings is 11. The molecule has 4 heteroatoms. The van der Waals surface area contributed by atoms with Crippen molar-refractivity contribution in [3.63, 3.8) is 0 Å². The van der Waals surface area contributed by atoms with Crippen molar-refractivity contribution in [2.45, 2.75) is 0 Å². The SMILES string of the molecule is c1ccc(-c2ccc3c(c2)-c2cc(-c4ccccc4)cc4c2B3c2ccc(N(c3ccccc3)c3ccccc3)c3c2N4c2cc(-c4ccccc4)cc4c2B3c2ccc(-c3ccccc3)cc2-4)cc1. The van der Waals surface area contributed by atoms with Crippen LogP contribution < -0.4 is 42.6 Å². The second-order valence-corrected chi connectivity index (χ2v) is 19.1. The molecule has 0 N–H and O–H groups in total. The van der Waals surface area contributed by atoms with Crippen LogP contribution >= 0.6 is 0 Å². The topological polar surface area (TPSA) is 6.48 Å². The molecule has 0 aromatic heterocycles. The van der Waals surface area contributed by atoms with Gasteiger partial charge >= 0.3 is 0 Å². The molecule has 4 aliphatic rings. The smallest absolute Gasteiger partial charge is 0.250 e. The zero-order valence-corrected chi connectivity index (χ0v) is 38.3. The molecule has 4 heterocycles. The summed E-state index contributed by atoms with van der Waals surface area (Å²) in [6.45, 7) is 0.000631. The Balaban J connectivity index is 1.09. The first kappa shape index (κ1) is 39.2. The largest absolute Gasteiger partial charge is 0.312 e. The summed E-state index contributed by atoms with van der Waals surface area (Å²) in [5.41, 5.74) is 30.4. The van der Waals surface area contributed by atoms with Crippen LogP contribution in [0.5, 0.6) is 0 Å². The minimum atomic E-state index is -0.0366. The van der Waals surface area contributed by atoms with Gasteiger partial charge in [-0.3, -0.25) is 0 Å². The van der Waals surface area contributed by atoms with Crippen LogP contribution in [0, 0.1) is 0 Å². The van der Waals surface area contributed by atoms with E-state index >= 15 is 0 Å². The average Bonchev–Trinajstić information content (AvgIpc) is 3.96. The summed E-state index contributed by atoms with van der Waals surface area (Å²) in [4.78, 5) is 5.21. The molecule has 322 valence electrons. The van der Waals surface area contributed by atoms with Crippen LogP contribution in [0.2, 0.25) is 0 Å². The van der Waals surface area contributed by atoms with Crippen molar-refractivity contribution in [2.75, 3.05) is 9.80 Å². The number of nitrogens with zero attached hydrogens (tertiary/aromatic N) is 2. The normalized spacial score (nSPS) is 12.8. The fourth-order valence-corrected chi connectivity index (χ4v) is 12.5. The lowest BCUT2D eigenvalue weighted by atomic mass is 9.32. The van der Waals surface area contributed by atoms with Crippen LogP contribution in [0.25, 0.3) is 66.8 Å². The second kappa shape index (κ2) is 15.3. The van der Waals surface area contributed by atoms with Gasteiger partial charge in [-0.25, -0.2) is 0 Å². The molecular formula is C66H42B2N2. The van der Waals surface area contributed by atoms with E-state index < -0.39 is 0 Å². The van der Waals surface area contributed by atoms with E-state index in [2.05, 4.69) is 265 Å². The number of hydrogen-bond donors (Lipinski definition) is 0. The highest BCUT2D eigenvalue weighted by Crippen LogP contribution is 2.49. The molecule has 0 unspecified atom stereocenters. The molecule has 0 atom stereocenters. The third-order valence-electron chi connectivity index (χ3n) is 15.4. The van der Waals surface area contributed by atoms with Gasteiger partial charge in [-0.15, -0.1) is 0 Å². The monoisotopic (exact) mass is 884 g/mol. The first-order valence-corrected chi connectivity index (χ1v) is 24.5. The second-order valence-electron chi connectivity index (χ2n) is 19.1. The number of fused-ring (bicyclic) bond motifs is 10. The van der Waals surface area contributed by atoms with E-state index in [1.165, 1.54) is 122 Å². The van der Waals surface area contributed by atoms with Gasteiger partial charge in [-0.1, -0.05) is 199 Å². The minimum Gasteiger partial charge on any atom is -0.312 e. The van der Waals surface area contributed by atoms with Gasteiger partial charge < -0.3 is 9.80 Å². The van der Waals surface area contributed by atoms with Gasteiger partial charge in [0.2, 0.25) is 6.71 Å². The molecule has 2 nitrogen and oxygen atoms in total. The maximum Gasteiger partial charge on any atom is 0.250 e. The Morgan fingerprint density at radius 2 is 0.643 bits per heavy atom. The zero-order valence-electron chi connectivity index (χ0n) is 38.3. The molecule has 0 radical (unpaired) electrons. The van der Waals surface area contributed by atoms with Crippen LogP contribution in [0.1, 0.15) is 0 Å². The maximum absolute atomic E-state index is 2.71.